The molecule has 2 amide bonds. The molecule has 0 atom stereocenters. The van der Waals surface area contributed by atoms with Crippen LogP contribution in [-0.2, 0) is 4.79 Å². The van der Waals surface area contributed by atoms with Crippen LogP contribution in [0.3, 0.4) is 0 Å². The minimum atomic E-state index is -0.243. The van der Waals surface area contributed by atoms with Gasteiger partial charge in [-0.3, -0.25) is 9.59 Å². The van der Waals surface area contributed by atoms with Crippen LogP contribution in [0.15, 0.2) is 54.6 Å². The zero-order valence-electron chi connectivity index (χ0n) is 14.7. The smallest absolute Gasteiger partial charge is 0.251 e. The Hall–Kier alpha value is -3.08. The molecule has 1 aliphatic carbocycles. The Labute approximate surface area is 153 Å². The summed E-state index contributed by atoms with van der Waals surface area (Å²) in [6.07, 6.45) is 5.30. The van der Waals surface area contributed by atoms with Crippen LogP contribution >= 0.6 is 0 Å². The van der Waals surface area contributed by atoms with Crippen molar-refractivity contribution in [1.82, 2.24) is 5.32 Å². The average Bonchev–Trinajstić information content (AvgIpc) is 3.46. The van der Waals surface area contributed by atoms with Gasteiger partial charge in [0.05, 0.1) is 12.3 Å². The van der Waals surface area contributed by atoms with Crippen LogP contribution in [-0.4, -0.2) is 24.5 Å². The van der Waals surface area contributed by atoms with E-state index < -0.39 is 0 Å². The molecule has 26 heavy (non-hydrogen) atoms. The van der Waals surface area contributed by atoms with Gasteiger partial charge < -0.3 is 15.4 Å². The molecule has 0 spiro atoms. The van der Waals surface area contributed by atoms with Gasteiger partial charge in [0, 0.05) is 17.7 Å². The minimum absolute atomic E-state index is 0.0479. The van der Waals surface area contributed by atoms with Crippen molar-refractivity contribution in [3.63, 3.8) is 0 Å². The van der Waals surface area contributed by atoms with Crippen LogP contribution in [0.2, 0.25) is 0 Å². The highest BCUT2D eigenvalue weighted by molar-refractivity contribution is 6.02. The summed E-state index contributed by atoms with van der Waals surface area (Å²) in [7, 11) is 0. The van der Waals surface area contributed by atoms with Gasteiger partial charge in [-0.25, -0.2) is 0 Å². The number of nitrogens with one attached hydrogen (secondary N) is 2. The lowest BCUT2D eigenvalue weighted by Crippen LogP contribution is -2.25. The quantitative estimate of drug-likeness (QED) is 0.749. The summed E-state index contributed by atoms with van der Waals surface area (Å²) in [5.41, 5.74) is 2.11. The van der Waals surface area contributed by atoms with Gasteiger partial charge in [0.25, 0.3) is 5.91 Å². The molecule has 1 saturated carbocycles. The van der Waals surface area contributed by atoms with Gasteiger partial charge in [0.2, 0.25) is 5.91 Å². The molecule has 134 valence electrons. The molecule has 0 aliphatic heterocycles. The fourth-order valence-corrected chi connectivity index (χ4v) is 2.44. The molecular formula is C21H22N2O3. The third-order valence-corrected chi connectivity index (χ3v) is 3.96. The van der Waals surface area contributed by atoms with Gasteiger partial charge in [-0.1, -0.05) is 24.3 Å². The Bertz CT molecular complexity index is 808. The predicted octanol–water partition coefficient (Wildman–Crippen LogP) is 3.63. The van der Waals surface area contributed by atoms with Gasteiger partial charge in [-0.05, 0) is 55.7 Å². The second-order valence-electron chi connectivity index (χ2n) is 6.12. The van der Waals surface area contributed by atoms with Crippen molar-refractivity contribution >= 4 is 23.6 Å². The summed E-state index contributed by atoms with van der Waals surface area (Å²) in [5.74, 6) is 0.351. The van der Waals surface area contributed by atoms with E-state index in [1.165, 1.54) is 6.08 Å². The molecular weight excluding hydrogens is 328 g/mol. The van der Waals surface area contributed by atoms with E-state index in [1.54, 1.807) is 24.3 Å². The summed E-state index contributed by atoms with van der Waals surface area (Å²) in [6, 6.07) is 14.8. The maximum absolute atomic E-state index is 12.1. The van der Waals surface area contributed by atoms with Crippen LogP contribution in [0.5, 0.6) is 5.75 Å². The molecule has 0 aromatic heterocycles. The Morgan fingerprint density at radius 3 is 2.54 bits per heavy atom. The Morgan fingerprint density at radius 1 is 1.12 bits per heavy atom. The Morgan fingerprint density at radius 2 is 1.85 bits per heavy atom. The van der Waals surface area contributed by atoms with Crippen molar-refractivity contribution in [3.05, 3.63) is 65.7 Å². The van der Waals surface area contributed by atoms with Gasteiger partial charge in [-0.15, -0.1) is 0 Å². The summed E-state index contributed by atoms with van der Waals surface area (Å²) < 4.78 is 5.49. The Balaban J connectivity index is 1.58. The number of carbonyl (C=O) groups is 2. The van der Waals surface area contributed by atoms with E-state index >= 15 is 0 Å². The molecule has 2 aromatic carbocycles. The molecule has 0 unspecified atom stereocenters. The van der Waals surface area contributed by atoms with Crippen molar-refractivity contribution in [3.8, 4) is 5.75 Å². The second-order valence-corrected chi connectivity index (χ2v) is 6.12. The molecule has 0 bridgehead atoms. The fraction of sp³-hybridized carbons (Fsp3) is 0.238. The summed E-state index contributed by atoms with van der Waals surface area (Å²) >= 11 is 0. The number of rotatable bonds is 7. The SMILES string of the molecule is CCOc1ccccc1NC(=O)/C=C/c1ccc(C(=O)NC2CC2)cc1. The molecule has 0 saturated heterocycles. The lowest BCUT2D eigenvalue weighted by atomic mass is 10.1. The third kappa shape index (κ3) is 4.96. The maximum Gasteiger partial charge on any atom is 0.251 e. The Kier molecular flexibility index (Phi) is 5.69. The van der Waals surface area contributed by atoms with E-state index in [0.717, 1.165) is 18.4 Å². The lowest BCUT2D eigenvalue weighted by molar-refractivity contribution is -0.111. The topological polar surface area (TPSA) is 67.4 Å². The first kappa shape index (κ1) is 17.7. The van der Waals surface area contributed by atoms with E-state index in [2.05, 4.69) is 10.6 Å². The zero-order chi connectivity index (χ0) is 18.4. The standard InChI is InChI=1S/C21H22N2O3/c1-2-26-19-6-4-3-5-18(19)23-20(24)14-9-15-7-10-16(11-8-15)21(25)22-17-12-13-17/h3-11,14,17H,2,12-13H2,1H3,(H,22,25)(H,23,24)/b14-9+. The fourth-order valence-electron chi connectivity index (χ4n) is 2.44. The highest BCUT2D eigenvalue weighted by Gasteiger charge is 2.23. The van der Waals surface area contributed by atoms with Crippen LogP contribution < -0.4 is 15.4 Å². The largest absolute Gasteiger partial charge is 0.492 e. The van der Waals surface area contributed by atoms with Gasteiger partial charge in [-0.2, -0.15) is 0 Å². The summed E-state index contributed by atoms with van der Waals surface area (Å²) in [6.45, 7) is 2.43. The van der Waals surface area contributed by atoms with Crippen LogP contribution in [0.4, 0.5) is 5.69 Å². The zero-order valence-corrected chi connectivity index (χ0v) is 14.7. The summed E-state index contributed by atoms with van der Waals surface area (Å²) in [4.78, 5) is 24.1. The third-order valence-electron chi connectivity index (χ3n) is 3.96. The van der Waals surface area contributed by atoms with Gasteiger partial charge in [0.1, 0.15) is 5.75 Å². The molecule has 5 heteroatoms. The van der Waals surface area contributed by atoms with E-state index in [9.17, 15) is 9.59 Å². The predicted molar refractivity (Wildman–Crippen MR) is 102 cm³/mol. The first-order chi connectivity index (χ1) is 12.7. The lowest BCUT2D eigenvalue weighted by Gasteiger charge is -2.09. The van der Waals surface area contributed by atoms with E-state index in [1.807, 2.05) is 37.3 Å². The van der Waals surface area contributed by atoms with Crippen LogP contribution in [0.1, 0.15) is 35.7 Å². The molecule has 1 fully saturated rings. The number of hydrogen-bond donors (Lipinski definition) is 2. The number of anilines is 1. The summed E-state index contributed by atoms with van der Waals surface area (Å²) in [5, 5.41) is 5.76. The number of para-hydroxylation sites is 2. The molecule has 0 radical (unpaired) electrons. The first-order valence-electron chi connectivity index (χ1n) is 8.77. The first-order valence-corrected chi connectivity index (χ1v) is 8.77. The molecule has 3 rings (SSSR count). The second kappa shape index (κ2) is 8.34. The highest BCUT2D eigenvalue weighted by atomic mass is 16.5. The molecule has 1 aliphatic rings. The van der Waals surface area contributed by atoms with Crippen molar-refractivity contribution in [1.29, 1.82) is 0 Å². The number of amides is 2. The van der Waals surface area contributed by atoms with Crippen LogP contribution in [0, 0.1) is 0 Å². The number of benzene rings is 2. The average molecular weight is 350 g/mol. The maximum atomic E-state index is 12.1. The van der Waals surface area contributed by atoms with Crippen molar-refractivity contribution in [2.24, 2.45) is 0 Å². The monoisotopic (exact) mass is 350 g/mol. The number of hydrogen-bond acceptors (Lipinski definition) is 3. The van der Waals surface area contributed by atoms with Crippen molar-refractivity contribution in [2.75, 3.05) is 11.9 Å². The molecule has 2 N–H and O–H groups in total. The number of ether oxygens (including phenoxy) is 1. The normalized spacial score (nSPS) is 13.4. The van der Waals surface area contributed by atoms with Crippen molar-refractivity contribution < 1.29 is 14.3 Å². The van der Waals surface area contributed by atoms with Gasteiger partial charge in [0.15, 0.2) is 0 Å². The van der Waals surface area contributed by atoms with Gasteiger partial charge >= 0.3 is 0 Å². The van der Waals surface area contributed by atoms with E-state index in [4.69, 9.17) is 4.74 Å². The van der Waals surface area contributed by atoms with E-state index in [0.29, 0.717) is 29.6 Å². The molecule has 2 aromatic rings. The number of carbonyl (C=O) groups excluding carboxylic acids is 2. The molecule has 0 heterocycles. The molecule has 5 nitrogen and oxygen atoms in total. The minimum Gasteiger partial charge on any atom is -0.492 e. The highest BCUT2D eigenvalue weighted by Crippen LogP contribution is 2.23. The van der Waals surface area contributed by atoms with Crippen LogP contribution in [0.25, 0.3) is 6.08 Å². The van der Waals surface area contributed by atoms with E-state index in [-0.39, 0.29) is 11.8 Å². The van der Waals surface area contributed by atoms with Crippen molar-refractivity contribution in [2.45, 2.75) is 25.8 Å².